The molecule has 8 heavy (non-hydrogen) atoms. The molecule has 0 spiro atoms. The summed E-state index contributed by atoms with van der Waals surface area (Å²) < 4.78 is 0. The maximum atomic E-state index is 5.46. The largest absolute Gasteiger partial charge is 0.402 e. The Hall–Kier alpha value is -0.460. The van der Waals surface area contributed by atoms with E-state index in [1.807, 2.05) is 0 Å². The van der Waals surface area contributed by atoms with Crippen LogP contribution in [0.3, 0.4) is 0 Å². The van der Waals surface area contributed by atoms with Gasteiger partial charge in [0.15, 0.2) is 0 Å². The molecule has 0 saturated heterocycles. The summed E-state index contributed by atoms with van der Waals surface area (Å²) >= 11 is 0. The first-order valence-corrected chi connectivity index (χ1v) is 3.16. The van der Waals surface area contributed by atoms with Gasteiger partial charge in [0.1, 0.15) is 0 Å². The van der Waals surface area contributed by atoms with Crippen molar-refractivity contribution in [1.82, 2.24) is 0 Å². The van der Waals surface area contributed by atoms with E-state index in [-0.39, 0.29) is 0 Å². The third-order valence-electron chi connectivity index (χ3n) is 1.51. The smallest absolute Gasteiger partial charge is 0.00388 e. The minimum Gasteiger partial charge on any atom is -0.402 e. The molecule has 1 nitrogen and oxygen atoms in total. The second-order valence-corrected chi connectivity index (χ2v) is 2.09. The van der Waals surface area contributed by atoms with E-state index in [4.69, 9.17) is 5.73 Å². The lowest BCUT2D eigenvalue weighted by Gasteiger charge is -2.09. The van der Waals surface area contributed by atoms with Crippen LogP contribution in [-0.4, -0.2) is 0 Å². The van der Waals surface area contributed by atoms with Crippen molar-refractivity contribution >= 4 is 0 Å². The summed E-state index contributed by atoms with van der Waals surface area (Å²) in [5.74, 6) is 0.537. The van der Waals surface area contributed by atoms with Crippen LogP contribution in [0.1, 0.15) is 26.7 Å². The quantitative estimate of drug-likeness (QED) is 0.594. The summed E-state index contributed by atoms with van der Waals surface area (Å²) in [6.45, 7) is 7.94. The van der Waals surface area contributed by atoms with Crippen LogP contribution in [-0.2, 0) is 0 Å². The van der Waals surface area contributed by atoms with Crippen molar-refractivity contribution in [1.29, 1.82) is 0 Å². The minimum absolute atomic E-state index is 0.537. The van der Waals surface area contributed by atoms with Crippen molar-refractivity contribution < 1.29 is 0 Å². The van der Waals surface area contributed by atoms with Gasteiger partial charge in [-0.2, -0.15) is 0 Å². The first-order chi connectivity index (χ1) is 3.72. The van der Waals surface area contributed by atoms with E-state index in [0.29, 0.717) is 5.92 Å². The summed E-state index contributed by atoms with van der Waals surface area (Å²) in [6, 6.07) is 0. The molecule has 0 aromatic heterocycles. The molecule has 0 aromatic carbocycles. The third-order valence-corrected chi connectivity index (χ3v) is 1.51. The van der Waals surface area contributed by atoms with E-state index in [0.717, 1.165) is 18.5 Å². The highest BCUT2D eigenvalue weighted by atomic mass is 14.6. The standard InChI is InChI=1S/C7H15N/c1-4-7(5-2)6(3)8/h7H,3-5,8H2,1-2H3. The van der Waals surface area contributed by atoms with E-state index in [2.05, 4.69) is 20.4 Å². The lowest BCUT2D eigenvalue weighted by atomic mass is 10.0. The molecule has 0 rings (SSSR count). The maximum absolute atomic E-state index is 5.46. The summed E-state index contributed by atoms with van der Waals surface area (Å²) in [7, 11) is 0. The normalized spacial score (nSPS) is 9.88. The fourth-order valence-electron chi connectivity index (χ4n) is 0.813. The van der Waals surface area contributed by atoms with E-state index in [1.54, 1.807) is 0 Å². The molecule has 1 heteroatoms. The Kier molecular flexibility index (Phi) is 3.33. The Morgan fingerprint density at radius 2 is 1.88 bits per heavy atom. The van der Waals surface area contributed by atoms with E-state index < -0.39 is 0 Å². The Labute approximate surface area is 51.6 Å². The first-order valence-electron chi connectivity index (χ1n) is 3.16. The molecule has 0 unspecified atom stereocenters. The Balaban J connectivity index is 3.52. The predicted octanol–water partition coefficient (Wildman–Crippen LogP) is 1.90. The molecular weight excluding hydrogens is 98.1 g/mol. The lowest BCUT2D eigenvalue weighted by molar-refractivity contribution is 0.568. The van der Waals surface area contributed by atoms with Crippen LogP contribution in [0.5, 0.6) is 0 Å². The van der Waals surface area contributed by atoms with Gasteiger partial charge in [-0.3, -0.25) is 0 Å². The Morgan fingerprint density at radius 1 is 1.50 bits per heavy atom. The van der Waals surface area contributed by atoms with Gasteiger partial charge in [0.25, 0.3) is 0 Å². The molecule has 0 aliphatic heterocycles. The molecule has 0 atom stereocenters. The van der Waals surface area contributed by atoms with Crippen molar-refractivity contribution in [3.05, 3.63) is 12.3 Å². The highest BCUT2D eigenvalue weighted by molar-refractivity contribution is 4.92. The van der Waals surface area contributed by atoms with Gasteiger partial charge in [-0.25, -0.2) is 0 Å². The van der Waals surface area contributed by atoms with Gasteiger partial charge in [-0.05, 0) is 18.8 Å². The maximum Gasteiger partial charge on any atom is 0.00388 e. The predicted molar refractivity (Wildman–Crippen MR) is 37.4 cm³/mol. The fraction of sp³-hybridized carbons (Fsp3) is 0.714. The van der Waals surface area contributed by atoms with Crippen molar-refractivity contribution in [2.75, 3.05) is 0 Å². The van der Waals surface area contributed by atoms with Gasteiger partial charge in [0.05, 0.1) is 0 Å². The zero-order valence-corrected chi connectivity index (χ0v) is 5.78. The summed E-state index contributed by atoms with van der Waals surface area (Å²) in [5, 5.41) is 0. The summed E-state index contributed by atoms with van der Waals surface area (Å²) in [6.07, 6.45) is 2.23. The van der Waals surface area contributed by atoms with Crippen molar-refractivity contribution in [2.24, 2.45) is 11.7 Å². The van der Waals surface area contributed by atoms with Crippen LogP contribution < -0.4 is 5.73 Å². The lowest BCUT2D eigenvalue weighted by Crippen LogP contribution is -2.07. The molecular formula is C7H15N. The highest BCUT2D eigenvalue weighted by Crippen LogP contribution is 2.11. The Bertz CT molecular complexity index is 72.5. The third kappa shape index (κ3) is 2.01. The van der Waals surface area contributed by atoms with Gasteiger partial charge in [0.2, 0.25) is 0 Å². The van der Waals surface area contributed by atoms with Gasteiger partial charge in [-0.15, -0.1) is 0 Å². The zero-order valence-electron chi connectivity index (χ0n) is 5.78. The van der Waals surface area contributed by atoms with Crippen molar-refractivity contribution in [2.45, 2.75) is 26.7 Å². The van der Waals surface area contributed by atoms with E-state index >= 15 is 0 Å². The van der Waals surface area contributed by atoms with Crippen LogP contribution in [0.2, 0.25) is 0 Å². The Morgan fingerprint density at radius 3 is 1.88 bits per heavy atom. The first kappa shape index (κ1) is 7.54. The molecule has 48 valence electrons. The number of hydrogen-bond acceptors (Lipinski definition) is 1. The summed E-state index contributed by atoms with van der Waals surface area (Å²) in [4.78, 5) is 0. The SMILES string of the molecule is C=C(N)C(CC)CC. The van der Waals surface area contributed by atoms with Crippen LogP contribution in [0.25, 0.3) is 0 Å². The number of rotatable bonds is 3. The molecule has 0 saturated carbocycles. The van der Waals surface area contributed by atoms with Crippen molar-refractivity contribution in [3.8, 4) is 0 Å². The topological polar surface area (TPSA) is 26.0 Å². The van der Waals surface area contributed by atoms with E-state index in [1.165, 1.54) is 0 Å². The number of hydrogen-bond donors (Lipinski definition) is 1. The monoisotopic (exact) mass is 113 g/mol. The number of allylic oxidation sites excluding steroid dienone is 1. The van der Waals surface area contributed by atoms with Crippen LogP contribution in [0, 0.1) is 5.92 Å². The minimum atomic E-state index is 0.537. The molecule has 0 heterocycles. The summed E-state index contributed by atoms with van der Waals surface area (Å²) in [5.41, 5.74) is 6.29. The molecule has 0 amide bonds. The average molecular weight is 113 g/mol. The molecule has 0 bridgehead atoms. The molecule has 0 fully saturated rings. The van der Waals surface area contributed by atoms with E-state index in [9.17, 15) is 0 Å². The van der Waals surface area contributed by atoms with Crippen LogP contribution >= 0.6 is 0 Å². The fourth-order valence-corrected chi connectivity index (χ4v) is 0.813. The molecule has 2 N–H and O–H groups in total. The molecule has 0 radical (unpaired) electrons. The van der Waals surface area contributed by atoms with Gasteiger partial charge in [0, 0.05) is 5.70 Å². The van der Waals surface area contributed by atoms with Crippen LogP contribution in [0.15, 0.2) is 12.3 Å². The second-order valence-electron chi connectivity index (χ2n) is 2.09. The molecule has 0 aromatic rings. The molecule has 0 aliphatic rings. The average Bonchev–Trinajstić information content (AvgIpc) is 1.69. The zero-order chi connectivity index (χ0) is 6.57. The van der Waals surface area contributed by atoms with Crippen LogP contribution in [0.4, 0.5) is 0 Å². The van der Waals surface area contributed by atoms with Gasteiger partial charge in [-0.1, -0.05) is 20.4 Å². The highest BCUT2D eigenvalue weighted by Gasteiger charge is 2.01. The van der Waals surface area contributed by atoms with Gasteiger partial charge < -0.3 is 5.73 Å². The molecule has 0 aliphatic carbocycles. The number of nitrogens with two attached hydrogens (primary N) is 1. The van der Waals surface area contributed by atoms with Gasteiger partial charge >= 0.3 is 0 Å². The second kappa shape index (κ2) is 3.53. The van der Waals surface area contributed by atoms with Crippen molar-refractivity contribution in [3.63, 3.8) is 0 Å².